The summed E-state index contributed by atoms with van der Waals surface area (Å²) in [6.07, 6.45) is 0.712. The second-order valence-electron chi connectivity index (χ2n) is 6.88. The van der Waals surface area contributed by atoms with Crippen LogP contribution in [0, 0.1) is 5.92 Å². The van der Waals surface area contributed by atoms with Gasteiger partial charge in [0.25, 0.3) is 5.91 Å². The zero-order chi connectivity index (χ0) is 19.1. The predicted octanol–water partition coefficient (Wildman–Crippen LogP) is 0.461. The van der Waals surface area contributed by atoms with Gasteiger partial charge in [-0.05, 0) is 24.5 Å². The quantitative estimate of drug-likeness (QED) is 0.797. The lowest BCUT2D eigenvalue weighted by molar-refractivity contribution is -0.133. The summed E-state index contributed by atoms with van der Waals surface area (Å²) in [4.78, 5) is 40.2. The molecule has 2 rings (SSSR count). The Balaban J connectivity index is 1.85. The van der Waals surface area contributed by atoms with Gasteiger partial charge in [-0.2, -0.15) is 0 Å². The molecule has 7 heteroatoms. The second kappa shape index (κ2) is 9.33. The SMILES string of the molecule is CC(C)[C@H](N)C(=O)NCC(=O)N1CCCN(C(=O)c2ccccc2)CC1. The third-order valence-corrected chi connectivity index (χ3v) is 4.59. The molecule has 1 aliphatic rings. The maximum atomic E-state index is 12.5. The number of nitrogens with zero attached hydrogens (tertiary/aromatic N) is 2. The van der Waals surface area contributed by atoms with E-state index < -0.39 is 6.04 Å². The van der Waals surface area contributed by atoms with Gasteiger partial charge >= 0.3 is 0 Å². The number of rotatable bonds is 5. The van der Waals surface area contributed by atoms with Gasteiger partial charge in [0.2, 0.25) is 11.8 Å². The van der Waals surface area contributed by atoms with E-state index in [1.807, 2.05) is 32.0 Å². The summed E-state index contributed by atoms with van der Waals surface area (Å²) in [5, 5.41) is 2.61. The molecule has 1 aromatic carbocycles. The van der Waals surface area contributed by atoms with E-state index >= 15 is 0 Å². The van der Waals surface area contributed by atoms with Crippen LogP contribution >= 0.6 is 0 Å². The van der Waals surface area contributed by atoms with E-state index in [-0.39, 0.29) is 30.2 Å². The molecule has 0 aliphatic carbocycles. The minimum Gasteiger partial charge on any atom is -0.346 e. The van der Waals surface area contributed by atoms with Crippen LogP contribution in [-0.4, -0.2) is 66.3 Å². The van der Waals surface area contributed by atoms with Crippen molar-refractivity contribution in [3.05, 3.63) is 35.9 Å². The normalized spacial score (nSPS) is 16.2. The van der Waals surface area contributed by atoms with E-state index in [9.17, 15) is 14.4 Å². The minimum atomic E-state index is -0.620. The van der Waals surface area contributed by atoms with Crippen molar-refractivity contribution in [2.45, 2.75) is 26.3 Å². The first-order valence-electron chi connectivity index (χ1n) is 9.05. The van der Waals surface area contributed by atoms with Crippen molar-refractivity contribution in [3.8, 4) is 0 Å². The van der Waals surface area contributed by atoms with Gasteiger partial charge in [0.1, 0.15) is 0 Å². The van der Waals surface area contributed by atoms with Gasteiger partial charge in [0, 0.05) is 31.7 Å². The molecule has 0 spiro atoms. The lowest BCUT2D eigenvalue weighted by Gasteiger charge is -2.23. The number of carbonyl (C=O) groups is 3. The molecule has 0 radical (unpaired) electrons. The topological polar surface area (TPSA) is 95.7 Å². The summed E-state index contributed by atoms with van der Waals surface area (Å²) in [6.45, 7) is 5.79. The van der Waals surface area contributed by atoms with Crippen molar-refractivity contribution in [1.82, 2.24) is 15.1 Å². The van der Waals surface area contributed by atoms with Gasteiger partial charge in [-0.1, -0.05) is 32.0 Å². The summed E-state index contributed by atoms with van der Waals surface area (Å²) in [5.74, 6) is -0.468. The molecule has 0 bridgehead atoms. The molecule has 142 valence electrons. The highest BCUT2D eigenvalue weighted by atomic mass is 16.2. The molecule has 26 heavy (non-hydrogen) atoms. The van der Waals surface area contributed by atoms with Crippen LogP contribution in [0.15, 0.2) is 30.3 Å². The van der Waals surface area contributed by atoms with Crippen molar-refractivity contribution in [1.29, 1.82) is 0 Å². The zero-order valence-corrected chi connectivity index (χ0v) is 15.5. The highest BCUT2D eigenvalue weighted by molar-refractivity contribution is 5.94. The van der Waals surface area contributed by atoms with E-state index in [1.165, 1.54) is 0 Å². The number of hydrogen-bond donors (Lipinski definition) is 2. The molecular weight excluding hydrogens is 332 g/mol. The maximum Gasteiger partial charge on any atom is 0.253 e. The molecule has 1 fully saturated rings. The smallest absolute Gasteiger partial charge is 0.253 e. The largest absolute Gasteiger partial charge is 0.346 e. The number of amides is 3. The first kappa shape index (κ1) is 19.9. The highest BCUT2D eigenvalue weighted by Crippen LogP contribution is 2.09. The molecule has 7 nitrogen and oxygen atoms in total. The number of nitrogens with one attached hydrogen (secondary N) is 1. The van der Waals surface area contributed by atoms with Crippen molar-refractivity contribution in [2.24, 2.45) is 11.7 Å². The van der Waals surface area contributed by atoms with Crippen molar-refractivity contribution < 1.29 is 14.4 Å². The summed E-state index contributed by atoms with van der Waals surface area (Å²) in [5.41, 5.74) is 6.43. The average Bonchev–Trinajstić information content (AvgIpc) is 2.91. The van der Waals surface area contributed by atoms with Crippen LogP contribution < -0.4 is 11.1 Å². The molecule has 1 aromatic rings. The summed E-state index contributed by atoms with van der Waals surface area (Å²) >= 11 is 0. The highest BCUT2D eigenvalue weighted by Gasteiger charge is 2.24. The van der Waals surface area contributed by atoms with E-state index in [2.05, 4.69) is 5.32 Å². The number of hydrogen-bond acceptors (Lipinski definition) is 4. The van der Waals surface area contributed by atoms with Crippen molar-refractivity contribution in [2.75, 3.05) is 32.7 Å². The molecule has 0 saturated carbocycles. The number of nitrogens with two attached hydrogens (primary N) is 1. The Hall–Kier alpha value is -2.41. The fraction of sp³-hybridized carbons (Fsp3) is 0.526. The molecule has 1 heterocycles. The molecule has 1 saturated heterocycles. The Kier molecular flexibility index (Phi) is 7.15. The van der Waals surface area contributed by atoms with Crippen LogP contribution in [0.5, 0.6) is 0 Å². The van der Waals surface area contributed by atoms with Crippen LogP contribution in [-0.2, 0) is 9.59 Å². The lowest BCUT2D eigenvalue weighted by atomic mass is 10.1. The van der Waals surface area contributed by atoms with Gasteiger partial charge in [-0.15, -0.1) is 0 Å². The van der Waals surface area contributed by atoms with Crippen LogP contribution in [0.1, 0.15) is 30.6 Å². The Bertz CT molecular complexity index is 633. The second-order valence-corrected chi connectivity index (χ2v) is 6.88. The van der Waals surface area contributed by atoms with Crippen LogP contribution in [0.4, 0.5) is 0 Å². The zero-order valence-electron chi connectivity index (χ0n) is 15.5. The van der Waals surface area contributed by atoms with E-state index in [0.717, 1.165) is 0 Å². The van der Waals surface area contributed by atoms with Gasteiger partial charge in [-0.3, -0.25) is 14.4 Å². The van der Waals surface area contributed by atoms with Gasteiger partial charge < -0.3 is 20.9 Å². The van der Waals surface area contributed by atoms with Crippen LogP contribution in [0.25, 0.3) is 0 Å². The van der Waals surface area contributed by atoms with Gasteiger partial charge in [0.05, 0.1) is 12.6 Å². The molecule has 0 aromatic heterocycles. The Morgan fingerprint density at radius 2 is 1.65 bits per heavy atom. The Labute approximate surface area is 154 Å². The van der Waals surface area contributed by atoms with Crippen LogP contribution in [0.2, 0.25) is 0 Å². The Morgan fingerprint density at radius 3 is 2.31 bits per heavy atom. The van der Waals surface area contributed by atoms with Crippen molar-refractivity contribution >= 4 is 17.7 Å². The summed E-state index contributed by atoms with van der Waals surface area (Å²) < 4.78 is 0. The monoisotopic (exact) mass is 360 g/mol. The summed E-state index contributed by atoms with van der Waals surface area (Å²) in [7, 11) is 0. The fourth-order valence-electron chi connectivity index (χ4n) is 2.83. The van der Waals surface area contributed by atoms with Gasteiger partial charge in [-0.25, -0.2) is 0 Å². The lowest BCUT2D eigenvalue weighted by Crippen LogP contribution is -2.48. The molecule has 0 unspecified atom stereocenters. The maximum absolute atomic E-state index is 12.5. The standard InChI is InChI=1S/C19H28N4O3/c1-14(2)17(20)18(25)21-13-16(24)22-9-6-10-23(12-11-22)19(26)15-7-4-3-5-8-15/h3-5,7-8,14,17H,6,9-13,20H2,1-2H3,(H,21,25)/t17-/m0/s1. The molecule has 1 atom stereocenters. The van der Waals surface area contributed by atoms with E-state index in [0.29, 0.717) is 38.2 Å². The van der Waals surface area contributed by atoms with Crippen LogP contribution in [0.3, 0.4) is 0 Å². The fourth-order valence-corrected chi connectivity index (χ4v) is 2.83. The first-order chi connectivity index (χ1) is 12.4. The third kappa shape index (κ3) is 5.29. The first-order valence-corrected chi connectivity index (χ1v) is 9.05. The third-order valence-electron chi connectivity index (χ3n) is 4.59. The van der Waals surface area contributed by atoms with Crippen molar-refractivity contribution in [3.63, 3.8) is 0 Å². The molecule has 1 aliphatic heterocycles. The minimum absolute atomic E-state index is 0.0147. The predicted molar refractivity (Wildman–Crippen MR) is 99.4 cm³/mol. The molecule has 3 amide bonds. The summed E-state index contributed by atoms with van der Waals surface area (Å²) in [6, 6.07) is 8.52. The molecular formula is C19H28N4O3. The van der Waals surface area contributed by atoms with Gasteiger partial charge in [0.15, 0.2) is 0 Å². The average molecular weight is 360 g/mol. The number of carbonyl (C=O) groups excluding carboxylic acids is 3. The van der Waals surface area contributed by atoms with E-state index in [1.54, 1.807) is 21.9 Å². The number of benzene rings is 1. The Morgan fingerprint density at radius 1 is 1.04 bits per heavy atom. The van der Waals surface area contributed by atoms with E-state index in [4.69, 9.17) is 5.73 Å². The molecule has 3 N–H and O–H groups in total.